The average molecular weight is 259 g/mol. The molecule has 0 radical (unpaired) electrons. The Morgan fingerprint density at radius 3 is 3.11 bits per heavy atom. The van der Waals surface area contributed by atoms with Gasteiger partial charge in [0.1, 0.15) is 5.75 Å². The molecular weight excluding hydrogens is 242 g/mol. The smallest absolute Gasteiger partial charge is 0.337 e. The number of hydrogen-bond donors (Lipinski definition) is 2. The molecule has 19 heavy (non-hydrogen) atoms. The molecule has 1 aromatic rings. The van der Waals surface area contributed by atoms with E-state index < -0.39 is 5.97 Å². The monoisotopic (exact) mass is 259 g/mol. The molecule has 3 rings (SSSR count). The Hall–Kier alpha value is -1.97. The van der Waals surface area contributed by atoms with Crippen LogP contribution >= 0.6 is 0 Å². The van der Waals surface area contributed by atoms with E-state index in [1.54, 1.807) is 12.1 Å². The highest BCUT2D eigenvalue weighted by molar-refractivity contribution is 5.97. The number of anilines is 1. The molecule has 0 saturated heterocycles. The summed E-state index contributed by atoms with van der Waals surface area (Å²) in [6.45, 7) is 2.52. The maximum atomic E-state index is 11.3. The van der Waals surface area contributed by atoms with Gasteiger partial charge in [0.15, 0.2) is 0 Å². The van der Waals surface area contributed by atoms with Crippen LogP contribution in [0.5, 0.6) is 5.75 Å². The Labute approximate surface area is 112 Å². The summed E-state index contributed by atoms with van der Waals surface area (Å²) in [7, 11) is 0. The van der Waals surface area contributed by atoms with Crippen LogP contribution in [0.25, 0.3) is 0 Å². The van der Waals surface area contributed by atoms with Crippen LogP contribution in [0.3, 0.4) is 0 Å². The molecule has 0 amide bonds. The second-order valence-corrected chi connectivity index (χ2v) is 4.92. The predicted octanol–water partition coefficient (Wildman–Crippen LogP) is 3.01. The van der Waals surface area contributed by atoms with E-state index in [1.165, 1.54) is 0 Å². The molecule has 0 spiro atoms. The fraction of sp³-hybridized carbons (Fsp3) is 0.400. The van der Waals surface area contributed by atoms with E-state index in [1.807, 2.05) is 6.92 Å². The molecule has 1 heterocycles. The van der Waals surface area contributed by atoms with Crippen molar-refractivity contribution < 1.29 is 14.6 Å². The fourth-order valence-electron chi connectivity index (χ4n) is 3.02. The van der Waals surface area contributed by atoms with Gasteiger partial charge in [-0.1, -0.05) is 12.2 Å². The summed E-state index contributed by atoms with van der Waals surface area (Å²) in [5.74, 6) is 0.132. The molecule has 0 bridgehead atoms. The number of benzene rings is 1. The Morgan fingerprint density at radius 1 is 1.53 bits per heavy atom. The first-order chi connectivity index (χ1) is 9.22. The van der Waals surface area contributed by atoms with E-state index in [-0.39, 0.29) is 5.92 Å². The van der Waals surface area contributed by atoms with Crippen LogP contribution in [-0.4, -0.2) is 23.7 Å². The quantitative estimate of drug-likeness (QED) is 0.819. The summed E-state index contributed by atoms with van der Waals surface area (Å²) in [6.07, 6.45) is 6.40. The summed E-state index contributed by atoms with van der Waals surface area (Å²) < 4.78 is 5.67. The highest BCUT2D eigenvalue weighted by Gasteiger charge is 2.36. The number of hydrogen-bond acceptors (Lipinski definition) is 3. The number of rotatable bonds is 3. The van der Waals surface area contributed by atoms with Gasteiger partial charge in [0.2, 0.25) is 0 Å². The van der Waals surface area contributed by atoms with Gasteiger partial charge in [-0.15, -0.1) is 0 Å². The minimum atomic E-state index is -0.894. The van der Waals surface area contributed by atoms with Gasteiger partial charge in [-0.2, -0.15) is 0 Å². The number of carboxylic acid groups (broad SMARTS) is 1. The normalized spacial score (nSPS) is 23.4. The van der Waals surface area contributed by atoms with E-state index in [0.29, 0.717) is 18.2 Å². The van der Waals surface area contributed by atoms with Gasteiger partial charge >= 0.3 is 5.97 Å². The van der Waals surface area contributed by atoms with Crippen molar-refractivity contribution in [3.63, 3.8) is 0 Å². The van der Waals surface area contributed by atoms with Crippen molar-refractivity contribution in [3.8, 4) is 5.75 Å². The van der Waals surface area contributed by atoms with E-state index in [2.05, 4.69) is 17.5 Å². The van der Waals surface area contributed by atoms with Crippen LogP contribution in [0.2, 0.25) is 0 Å². The number of aromatic carboxylic acids is 1. The first kappa shape index (κ1) is 12.1. The van der Waals surface area contributed by atoms with Crippen LogP contribution in [-0.2, 0) is 0 Å². The lowest BCUT2D eigenvalue weighted by Crippen LogP contribution is -2.21. The summed E-state index contributed by atoms with van der Waals surface area (Å²) >= 11 is 0. The molecule has 1 aromatic carbocycles. The van der Waals surface area contributed by atoms with Crippen molar-refractivity contribution >= 4 is 11.7 Å². The molecule has 4 heteroatoms. The standard InChI is InChI=1S/C15H17NO3/c1-2-19-12-8-7-10(15(17)18)14-13(12)9-5-3-4-6-11(9)16-14/h3,5,7-9,11,16H,2,4,6H2,1H3,(H,17,18). The van der Waals surface area contributed by atoms with Gasteiger partial charge in [-0.05, 0) is 31.9 Å². The predicted molar refractivity (Wildman–Crippen MR) is 73.1 cm³/mol. The van der Waals surface area contributed by atoms with Crippen molar-refractivity contribution in [2.45, 2.75) is 31.7 Å². The SMILES string of the molecule is CCOc1ccc(C(=O)O)c2c1C1C=CCCC1N2. The maximum Gasteiger partial charge on any atom is 0.337 e. The highest BCUT2D eigenvalue weighted by atomic mass is 16.5. The Kier molecular flexibility index (Phi) is 2.93. The van der Waals surface area contributed by atoms with E-state index in [0.717, 1.165) is 29.8 Å². The summed E-state index contributed by atoms with van der Waals surface area (Å²) in [5, 5.41) is 12.7. The van der Waals surface area contributed by atoms with E-state index >= 15 is 0 Å². The lowest BCUT2D eigenvalue weighted by Gasteiger charge is -2.21. The van der Waals surface area contributed by atoms with Crippen LogP contribution in [0, 0.1) is 0 Å². The number of fused-ring (bicyclic) bond motifs is 3. The minimum Gasteiger partial charge on any atom is -0.493 e. The average Bonchev–Trinajstić information content (AvgIpc) is 2.78. The van der Waals surface area contributed by atoms with Crippen molar-refractivity contribution in [1.82, 2.24) is 0 Å². The second kappa shape index (κ2) is 4.61. The number of carboxylic acids is 1. The molecule has 2 unspecified atom stereocenters. The van der Waals surface area contributed by atoms with E-state index in [9.17, 15) is 9.90 Å². The molecule has 1 aliphatic heterocycles. The zero-order valence-corrected chi connectivity index (χ0v) is 10.8. The third-order valence-electron chi connectivity index (χ3n) is 3.82. The van der Waals surface area contributed by atoms with E-state index in [4.69, 9.17) is 4.74 Å². The number of allylic oxidation sites excluding steroid dienone is 1. The van der Waals surface area contributed by atoms with Gasteiger partial charge in [-0.25, -0.2) is 4.79 Å². The van der Waals surface area contributed by atoms with Crippen LogP contribution in [0.1, 0.15) is 41.6 Å². The molecule has 1 aliphatic carbocycles. The first-order valence-corrected chi connectivity index (χ1v) is 6.68. The van der Waals surface area contributed by atoms with Crippen molar-refractivity contribution in [3.05, 3.63) is 35.4 Å². The van der Waals surface area contributed by atoms with Gasteiger partial charge in [-0.3, -0.25) is 0 Å². The summed E-state index contributed by atoms with van der Waals surface area (Å²) in [6, 6.07) is 3.69. The molecule has 0 aromatic heterocycles. The lowest BCUT2D eigenvalue weighted by atomic mass is 9.87. The van der Waals surface area contributed by atoms with Crippen LogP contribution < -0.4 is 10.1 Å². The van der Waals surface area contributed by atoms with Gasteiger partial charge in [0.25, 0.3) is 0 Å². The topological polar surface area (TPSA) is 58.6 Å². The van der Waals surface area contributed by atoms with Gasteiger partial charge in [0, 0.05) is 17.5 Å². The van der Waals surface area contributed by atoms with Crippen molar-refractivity contribution in [1.29, 1.82) is 0 Å². The summed E-state index contributed by atoms with van der Waals surface area (Å²) in [4.78, 5) is 11.3. The third kappa shape index (κ3) is 1.87. The summed E-state index contributed by atoms with van der Waals surface area (Å²) in [5.41, 5.74) is 2.07. The Bertz CT molecular complexity index is 551. The number of nitrogens with one attached hydrogen (secondary N) is 1. The molecule has 4 nitrogen and oxygen atoms in total. The van der Waals surface area contributed by atoms with Crippen LogP contribution in [0.15, 0.2) is 24.3 Å². The minimum absolute atomic E-state index is 0.226. The number of carbonyl (C=O) groups is 1. The van der Waals surface area contributed by atoms with Crippen LogP contribution in [0.4, 0.5) is 5.69 Å². The first-order valence-electron chi connectivity index (χ1n) is 6.68. The van der Waals surface area contributed by atoms with Gasteiger partial charge in [0.05, 0.1) is 17.9 Å². The largest absolute Gasteiger partial charge is 0.493 e. The Balaban J connectivity index is 2.14. The lowest BCUT2D eigenvalue weighted by molar-refractivity contribution is 0.0698. The number of ether oxygens (including phenoxy) is 1. The highest BCUT2D eigenvalue weighted by Crippen LogP contribution is 2.47. The fourth-order valence-corrected chi connectivity index (χ4v) is 3.02. The molecule has 100 valence electrons. The Morgan fingerprint density at radius 2 is 2.37 bits per heavy atom. The van der Waals surface area contributed by atoms with Crippen molar-refractivity contribution in [2.24, 2.45) is 0 Å². The molecule has 0 fully saturated rings. The molecule has 2 aliphatic rings. The molecule has 2 atom stereocenters. The van der Waals surface area contributed by atoms with Gasteiger partial charge < -0.3 is 15.2 Å². The zero-order chi connectivity index (χ0) is 13.4. The second-order valence-electron chi connectivity index (χ2n) is 4.92. The van der Waals surface area contributed by atoms with Crippen molar-refractivity contribution in [2.75, 3.05) is 11.9 Å². The molecule has 2 N–H and O–H groups in total. The molecule has 0 saturated carbocycles. The molecular formula is C15H17NO3. The maximum absolute atomic E-state index is 11.3. The third-order valence-corrected chi connectivity index (χ3v) is 3.82. The zero-order valence-electron chi connectivity index (χ0n) is 10.8.